The Morgan fingerprint density at radius 1 is 1.41 bits per heavy atom. The topological polar surface area (TPSA) is 57.5 Å². The van der Waals surface area contributed by atoms with E-state index in [0.29, 0.717) is 6.04 Å². The molecule has 126 valence electrons. The Balaban J connectivity index is 0.00000242. The van der Waals surface area contributed by atoms with E-state index in [9.17, 15) is 0 Å². The van der Waals surface area contributed by atoms with Gasteiger partial charge in [0.15, 0.2) is 5.96 Å². The van der Waals surface area contributed by atoms with Gasteiger partial charge in [0.05, 0.1) is 12.2 Å². The Labute approximate surface area is 150 Å². The third-order valence-electron chi connectivity index (χ3n) is 4.05. The minimum absolute atomic E-state index is 0. The number of nitrogens with one attached hydrogen (secondary N) is 2. The van der Waals surface area contributed by atoms with Crippen LogP contribution in [0.25, 0.3) is 0 Å². The molecule has 0 spiro atoms. The molecule has 1 aliphatic rings. The molecule has 1 aliphatic heterocycles. The summed E-state index contributed by atoms with van der Waals surface area (Å²) in [5.74, 6) is 0.880. The molecule has 2 N–H and O–H groups in total. The van der Waals surface area contributed by atoms with Gasteiger partial charge < -0.3 is 15.5 Å². The summed E-state index contributed by atoms with van der Waals surface area (Å²) in [4.78, 5) is 6.86. The molecule has 0 bridgehead atoms. The van der Waals surface area contributed by atoms with Crippen LogP contribution in [0.4, 0.5) is 0 Å². The number of nitrogens with zero attached hydrogens (tertiary/aromatic N) is 4. The van der Waals surface area contributed by atoms with Crippen LogP contribution < -0.4 is 10.6 Å². The zero-order valence-electron chi connectivity index (χ0n) is 13.9. The van der Waals surface area contributed by atoms with E-state index in [4.69, 9.17) is 0 Å². The molecule has 1 fully saturated rings. The standard InChI is InChI=1S/C15H28N6.HI/c1-4-9-21-10-6-13(7-11-21)19-15(16-2)17-12-14-5-8-18-20(14)3;/h5,8,13H,4,6-7,9-12H2,1-3H3,(H2,16,17,19);1H. The number of guanidine groups is 1. The summed E-state index contributed by atoms with van der Waals surface area (Å²) < 4.78 is 1.88. The van der Waals surface area contributed by atoms with Crippen molar-refractivity contribution in [3.8, 4) is 0 Å². The number of piperidine rings is 1. The van der Waals surface area contributed by atoms with Crippen LogP contribution in [0.15, 0.2) is 17.3 Å². The number of aromatic nitrogens is 2. The molecule has 0 aliphatic carbocycles. The normalized spacial score (nSPS) is 17.1. The van der Waals surface area contributed by atoms with Crippen molar-refractivity contribution < 1.29 is 0 Å². The number of hydrogen-bond acceptors (Lipinski definition) is 3. The Morgan fingerprint density at radius 2 is 2.14 bits per heavy atom. The van der Waals surface area contributed by atoms with E-state index >= 15 is 0 Å². The zero-order valence-corrected chi connectivity index (χ0v) is 16.2. The fraction of sp³-hybridized carbons (Fsp3) is 0.733. The number of halogens is 1. The number of aryl methyl sites for hydroxylation is 1. The van der Waals surface area contributed by atoms with Gasteiger partial charge in [0.1, 0.15) is 0 Å². The van der Waals surface area contributed by atoms with Crippen molar-refractivity contribution in [1.82, 2.24) is 25.3 Å². The van der Waals surface area contributed by atoms with Crippen LogP contribution in [-0.4, -0.2) is 53.4 Å². The van der Waals surface area contributed by atoms with Crippen LogP contribution >= 0.6 is 24.0 Å². The summed E-state index contributed by atoms with van der Waals surface area (Å²) in [6.07, 6.45) is 5.43. The molecule has 6 nitrogen and oxygen atoms in total. The average molecular weight is 420 g/mol. The van der Waals surface area contributed by atoms with Gasteiger partial charge in [0, 0.05) is 39.4 Å². The summed E-state index contributed by atoms with van der Waals surface area (Å²) in [6.45, 7) is 6.58. The van der Waals surface area contributed by atoms with Crippen LogP contribution in [0.5, 0.6) is 0 Å². The first-order valence-electron chi connectivity index (χ1n) is 7.89. The second-order valence-electron chi connectivity index (χ2n) is 5.63. The molecule has 0 aromatic carbocycles. The van der Waals surface area contributed by atoms with Gasteiger partial charge in [-0.25, -0.2) is 0 Å². The highest BCUT2D eigenvalue weighted by molar-refractivity contribution is 14.0. The lowest BCUT2D eigenvalue weighted by molar-refractivity contribution is 0.206. The fourth-order valence-electron chi connectivity index (χ4n) is 2.75. The lowest BCUT2D eigenvalue weighted by atomic mass is 10.1. The first-order valence-corrected chi connectivity index (χ1v) is 7.89. The minimum Gasteiger partial charge on any atom is -0.354 e. The maximum atomic E-state index is 4.32. The van der Waals surface area contributed by atoms with Crippen molar-refractivity contribution in [3.05, 3.63) is 18.0 Å². The number of rotatable bonds is 5. The molecule has 0 radical (unpaired) electrons. The SMILES string of the molecule is CCCN1CCC(NC(=NC)NCc2ccnn2C)CC1.I. The molecule has 0 saturated carbocycles. The van der Waals surface area contributed by atoms with Gasteiger partial charge in [-0.1, -0.05) is 6.92 Å². The maximum Gasteiger partial charge on any atom is 0.191 e. The van der Waals surface area contributed by atoms with E-state index in [1.54, 1.807) is 0 Å². The third kappa shape index (κ3) is 5.75. The zero-order chi connectivity index (χ0) is 15.1. The molecule has 0 amide bonds. The molecule has 0 unspecified atom stereocenters. The summed E-state index contributed by atoms with van der Waals surface area (Å²) in [7, 11) is 3.78. The number of hydrogen-bond donors (Lipinski definition) is 2. The quantitative estimate of drug-likeness (QED) is 0.432. The van der Waals surface area contributed by atoms with Gasteiger partial charge in [-0.2, -0.15) is 5.10 Å². The highest BCUT2D eigenvalue weighted by atomic mass is 127. The summed E-state index contributed by atoms with van der Waals surface area (Å²) in [5.41, 5.74) is 1.15. The van der Waals surface area contributed by atoms with E-state index in [2.05, 4.69) is 32.5 Å². The van der Waals surface area contributed by atoms with E-state index < -0.39 is 0 Å². The lowest BCUT2D eigenvalue weighted by Crippen LogP contribution is -2.48. The molecular weight excluding hydrogens is 391 g/mol. The molecule has 2 rings (SSSR count). The number of aliphatic imine (C=N–C) groups is 1. The second-order valence-corrected chi connectivity index (χ2v) is 5.63. The Hall–Kier alpha value is -0.830. The number of likely N-dealkylation sites (tertiary alicyclic amines) is 1. The van der Waals surface area contributed by atoms with Crippen molar-refractivity contribution in [1.29, 1.82) is 0 Å². The van der Waals surface area contributed by atoms with E-state index in [1.165, 1.54) is 38.9 Å². The van der Waals surface area contributed by atoms with Crippen LogP contribution in [0, 0.1) is 0 Å². The average Bonchev–Trinajstić information content (AvgIpc) is 2.91. The van der Waals surface area contributed by atoms with E-state index in [0.717, 1.165) is 18.2 Å². The van der Waals surface area contributed by atoms with Crippen molar-refractivity contribution in [2.75, 3.05) is 26.7 Å². The summed E-state index contributed by atoms with van der Waals surface area (Å²) >= 11 is 0. The van der Waals surface area contributed by atoms with Crippen molar-refractivity contribution in [3.63, 3.8) is 0 Å². The highest BCUT2D eigenvalue weighted by Crippen LogP contribution is 2.10. The van der Waals surface area contributed by atoms with Gasteiger partial charge in [-0.3, -0.25) is 9.67 Å². The monoisotopic (exact) mass is 420 g/mol. The van der Waals surface area contributed by atoms with Gasteiger partial charge in [0.25, 0.3) is 0 Å². The van der Waals surface area contributed by atoms with Crippen LogP contribution in [-0.2, 0) is 13.6 Å². The Bertz CT molecular complexity index is 451. The lowest BCUT2D eigenvalue weighted by Gasteiger charge is -2.32. The molecule has 2 heterocycles. The smallest absolute Gasteiger partial charge is 0.191 e. The van der Waals surface area contributed by atoms with Crippen molar-refractivity contribution in [2.45, 2.75) is 38.8 Å². The summed E-state index contributed by atoms with van der Waals surface area (Å²) in [6, 6.07) is 2.54. The molecule has 7 heteroatoms. The maximum absolute atomic E-state index is 4.32. The second kappa shape index (κ2) is 10.0. The van der Waals surface area contributed by atoms with Gasteiger partial charge in [0.2, 0.25) is 0 Å². The minimum atomic E-state index is 0. The third-order valence-corrected chi connectivity index (χ3v) is 4.05. The predicted octanol–water partition coefficient (Wildman–Crippen LogP) is 1.58. The summed E-state index contributed by atoms with van der Waals surface area (Å²) in [5, 5.41) is 11.1. The van der Waals surface area contributed by atoms with E-state index in [-0.39, 0.29) is 24.0 Å². The highest BCUT2D eigenvalue weighted by Gasteiger charge is 2.19. The Kier molecular flexibility index (Phi) is 8.77. The van der Waals surface area contributed by atoms with Crippen molar-refractivity contribution in [2.24, 2.45) is 12.0 Å². The van der Waals surface area contributed by atoms with Crippen LogP contribution in [0.3, 0.4) is 0 Å². The first kappa shape index (κ1) is 19.2. The van der Waals surface area contributed by atoms with Crippen molar-refractivity contribution >= 4 is 29.9 Å². The molecule has 22 heavy (non-hydrogen) atoms. The van der Waals surface area contributed by atoms with Gasteiger partial charge in [-0.15, -0.1) is 24.0 Å². The van der Waals surface area contributed by atoms with Gasteiger partial charge in [-0.05, 0) is 31.9 Å². The molecule has 1 saturated heterocycles. The molecular formula is C15H29IN6. The van der Waals surface area contributed by atoms with Crippen LogP contribution in [0.1, 0.15) is 31.9 Å². The molecule has 1 aromatic rings. The Morgan fingerprint density at radius 3 is 2.68 bits per heavy atom. The molecule has 0 atom stereocenters. The predicted molar refractivity (Wildman–Crippen MR) is 102 cm³/mol. The first-order chi connectivity index (χ1) is 10.2. The van der Waals surface area contributed by atoms with E-state index in [1.807, 2.05) is 31.0 Å². The van der Waals surface area contributed by atoms with Crippen LogP contribution in [0.2, 0.25) is 0 Å². The van der Waals surface area contributed by atoms with Gasteiger partial charge >= 0.3 is 0 Å². The fourth-order valence-corrected chi connectivity index (χ4v) is 2.75. The molecule has 1 aromatic heterocycles. The largest absolute Gasteiger partial charge is 0.354 e.